The van der Waals surface area contributed by atoms with E-state index in [9.17, 15) is 0 Å². The molecule has 3 fully saturated rings. The first kappa shape index (κ1) is 13.3. The van der Waals surface area contributed by atoms with Crippen molar-refractivity contribution in [1.29, 1.82) is 0 Å². The number of anilines is 1. The first-order chi connectivity index (χ1) is 11.2. The molecular weight excluding hydrogens is 294 g/mol. The second-order valence-corrected chi connectivity index (χ2v) is 6.86. The van der Waals surface area contributed by atoms with Crippen LogP contribution < -0.4 is 5.32 Å². The smallest absolute Gasteiger partial charge is 0.231 e. The minimum atomic E-state index is -0.149. The summed E-state index contributed by atoms with van der Waals surface area (Å²) in [6.45, 7) is 5.26. The van der Waals surface area contributed by atoms with Crippen LogP contribution in [0.2, 0.25) is 0 Å². The van der Waals surface area contributed by atoms with Gasteiger partial charge in [-0.25, -0.2) is 4.98 Å². The van der Waals surface area contributed by atoms with Crippen LogP contribution in [0.5, 0.6) is 0 Å². The average Bonchev–Trinajstić information content (AvgIpc) is 3.11. The molecule has 1 N–H and O–H groups in total. The lowest BCUT2D eigenvalue weighted by atomic mass is 9.73. The molecule has 1 atom stereocenters. The van der Waals surface area contributed by atoms with Gasteiger partial charge in [0, 0.05) is 18.7 Å². The highest BCUT2D eigenvalue weighted by Gasteiger charge is 2.52. The Labute approximate surface area is 133 Å². The molecule has 0 radical (unpaired) electrons. The van der Waals surface area contributed by atoms with E-state index >= 15 is 0 Å². The van der Waals surface area contributed by atoms with Crippen LogP contribution >= 0.6 is 0 Å². The summed E-state index contributed by atoms with van der Waals surface area (Å²) in [5.41, 5.74) is 0.446. The van der Waals surface area contributed by atoms with Gasteiger partial charge >= 0.3 is 0 Å². The van der Waals surface area contributed by atoms with Crippen molar-refractivity contribution in [2.45, 2.75) is 31.8 Å². The zero-order valence-corrected chi connectivity index (χ0v) is 13.1. The van der Waals surface area contributed by atoms with Gasteiger partial charge in [-0.3, -0.25) is 4.90 Å². The van der Waals surface area contributed by atoms with Gasteiger partial charge in [0.05, 0.1) is 11.8 Å². The van der Waals surface area contributed by atoms with Crippen molar-refractivity contribution in [2.75, 3.05) is 25.0 Å². The zero-order chi connectivity index (χ0) is 15.4. The molecule has 6 heterocycles. The molecule has 7 heteroatoms. The number of hydrogen-bond acceptors (Lipinski definition) is 7. The normalized spacial score (nSPS) is 32.3. The van der Waals surface area contributed by atoms with Gasteiger partial charge in [0.15, 0.2) is 11.4 Å². The molecule has 0 amide bonds. The second-order valence-electron chi connectivity index (χ2n) is 6.86. The number of oxime groups is 1. The molecule has 23 heavy (non-hydrogen) atoms. The van der Waals surface area contributed by atoms with Crippen molar-refractivity contribution in [1.82, 2.24) is 14.9 Å². The highest BCUT2D eigenvalue weighted by molar-refractivity contribution is 5.95. The van der Waals surface area contributed by atoms with Crippen LogP contribution in [0.15, 0.2) is 21.8 Å². The van der Waals surface area contributed by atoms with E-state index in [4.69, 9.17) is 9.25 Å². The maximum Gasteiger partial charge on any atom is 0.231 e. The summed E-state index contributed by atoms with van der Waals surface area (Å²) in [4.78, 5) is 17.1. The van der Waals surface area contributed by atoms with E-state index in [0.717, 1.165) is 29.9 Å². The van der Waals surface area contributed by atoms with Gasteiger partial charge in [-0.05, 0) is 38.9 Å². The highest BCUT2D eigenvalue weighted by atomic mass is 16.7. The van der Waals surface area contributed by atoms with Gasteiger partial charge in [0.1, 0.15) is 5.76 Å². The van der Waals surface area contributed by atoms with Crippen molar-refractivity contribution in [3.63, 3.8) is 0 Å². The molecule has 0 saturated carbocycles. The SMILES string of the molecule is Cc1cc2cnc(NC3=NOC4(C3)CN3CCC4CC3)nc2o1. The van der Waals surface area contributed by atoms with Crippen LogP contribution in [-0.4, -0.2) is 45.9 Å². The largest absolute Gasteiger partial charge is 0.443 e. The van der Waals surface area contributed by atoms with Crippen molar-refractivity contribution in [3.05, 3.63) is 18.0 Å². The quantitative estimate of drug-likeness (QED) is 0.869. The summed E-state index contributed by atoms with van der Waals surface area (Å²) in [7, 11) is 0. The third kappa shape index (κ3) is 2.10. The number of nitrogens with one attached hydrogen (secondary N) is 1. The second kappa shape index (κ2) is 4.67. The van der Waals surface area contributed by atoms with E-state index in [1.54, 1.807) is 6.20 Å². The molecule has 4 aliphatic rings. The summed E-state index contributed by atoms with van der Waals surface area (Å²) >= 11 is 0. The zero-order valence-electron chi connectivity index (χ0n) is 13.1. The number of aryl methyl sites for hydroxylation is 1. The Kier molecular flexibility index (Phi) is 2.70. The summed E-state index contributed by atoms with van der Waals surface area (Å²) < 4.78 is 5.55. The Morgan fingerprint density at radius 1 is 1.35 bits per heavy atom. The lowest BCUT2D eigenvalue weighted by molar-refractivity contribution is -0.136. The first-order valence-electron chi connectivity index (χ1n) is 8.18. The lowest BCUT2D eigenvalue weighted by Crippen LogP contribution is -2.59. The Morgan fingerprint density at radius 2 is 2.22 bits per heavy atom. The molecule has 1 spiro atoms. The number of nitrogens with zero attached hydrogens (tertiary/aromatic N) is 4. The third-order valence-electron chi connectivity index (χ3n) is 5.28. The van der Waals surface area contributed by atoms with Gasteiger partial charge in [0.25, 0.3) is 0 Å². The maximum absolute atomic E-state index is 5.90. The van der Waals surface area contributed by atoms with Crippen molar-refractivity contribution >= 4 is 22.9 Å². The number of hydrogen-bond donors (Lipinski definition) is 1. The lowest BCUT2D eigenvalue weighted by Gasteiger charge is -2.49. The standard InChI is InChI=1S/C16H19N5O2/c1-10-6-11-8-17-15(19-14(11)22-10)18-13-7-16(23-20-13)9-21-4-2-12(16)3-5-21/h6,8,12H,2-5,7,9H2,1H3,(H,17,18,19,20). The molecule has 120 valence electrons. The topological polar surface area (TPSA) is 75.8 Å². The summed E-state index contributed by atoms with van der Waals surface area (Å²) in [6, 6.07) is 1.93. The fourth-order valence-corrected chi connectivity index (χ4v) is 4.14. The molecule has 0 aromatic carbocycles. The van der Waals surface area contributed by atoms with Crippen LogP contribution in [0.25, 0.3) is 11.1 Å². The summed E-state index contributed by atoms with van der Waals surface area (Å²) in [6.07, 6.45) is 4.97. The molecule has 0 aliphatic carbocycles. The van der Waals surface area contributed by atoms with E-state index in [-0.39, 0.29) is 5.60 Å². The van der Waals surface area contributed by atoms with E-state index in [1.165, 1.54) is 25.9 Å². The van der Waals surface area contributed by atoms with Gasteiger partial charge in [-0.2, -0.15) is 4.98 Å². The summed E-state index contributed by atoms with van der Waals surface area (Å²) in [5, 5.41) is 8.39. The van der Waals surface area contributed by atoms with Gasteiger partial charge in [0.2, 0.25) is 11.7 Å². The predicted molar refractivity (Wildman–Crippen MR) is 85.2 cm³/mol. The molecule has 3 saturated heterocycles. The van der Waals surface area contributed by atoms with E-state index < -0.39 is 0 Å². The Balaban J connectivity index is 1.35. The number of piperidine rings is 3. The van der Waals surface area contributed by atoms with Crippen molar-refractivity contribution in [2.24, 2.45) is 11.1 Å². The van der Waals surface area contributed by atoms with Gasteiger partial charge < -0.3 is 14.6 Å². The predicted octanol–water partition coefficient (Wildman–Crippen LogP) is 2.14. The number of rotatable bonds is 1. The Bertz CT molecular complexity index is 793. The van der Waals surface area contributed by atoms with Crippen LogP contribution in [0.3, 0.4) is 0 Å². The van der Waals surface area contributed by atoms with Gasteiger partial charge in [-0.15, -0.1) is 0 Å². The van der Waals surface area contributed by atoms with Gasteiger partial charge in [-0.1, -0.05) is 5.16 Å². The third-order valence-corrected chi connectivity index (χ3v) is 5.28. The minimum Gasteiger partial charge on any atom is -0.443 e. The van der Waals surface area contributed by atoms with Crippen LogP contribution in [0.4, 0.5) is 5.95 Å². The Hall–Kier alpha value is -2.15. The number of furan rings is 1. The highest BCUT2D eigenvalue weighted by Crippen LogP contribution is 2.43. The summed E-state index contributed by atoms with van der Waals surface area (Å²) in [5.74, 6) is 2.75. The molecule has 2 aromatic heterocycles. The van der Waals surface area contributed by atoms with Crippen molar-refractivity contribution < 1.29 is 9.25 Å². The van der Waals surface area contributed by atoms with Crippen LogP contribution in [0.1, 0.15) is 25.0 Å². The van der Waals surface area contributed by atoms with Crippen molar-refractivity contribution in [3.8, 4) is 0 Å². The molecule has 1 unspecified atom stereocenters. The van der Waals surface area contributed by atoms with Crippen LogP contribution in [0, 0.1) is 12.8 Å². The first-order valence-corrected chi connectivity index (χ1v) is 8.18. The fourth-order valence-electron chi connectivity index (χ4n) is 4.14. The minimum absolute atomic E-state index is 0.149. The average molecular weight is 313 g/mol. The molecule has 4 aliphatic heterocycles. The molecule has 7 nitrogen and oxygen atoms in total. The van der Waals surface area contributed by atoms with E-state index in [2.05, 4.69) is 25.3 Å². The molecule has 2 aromatic rings. The van der Waals surface area contributed by atoms with E-state index in [0.29, 0.717) is 17.6 Å². The number of fused-ring (bicyclic) bond motifs is 3. The number of amidine groups is 1. The Morgan fingerprint density at radius 3 is 3.00 bits per heavy atom. The monoisotopic (exact) mass is 313 g/mol. The van der Waals surface area contributed by atoms with Crippen LogP contribution in [-0.2, 0) is 4.84 Å². The molecular formula is C16H19N5O2. The number of aromatic nitrogens is 2. The van der Waals surface area contributed by atoms with E-state index in [1.807, 2.05) is 13.0 Å². The maximum atomic E-state index is 5.90. The molecule has 2 bridgehead atoms. The fraction of sp³-hybridized carbons (Fsp3) is 0.562. The molecule has 6 rings (SSSR count).